The lowest BCUT2D eigenvalue weighted by Crippen LogP contribution is -1.93. The van der Waals surface area contributed by atoms with Crippen LogP contribution in [0.2, 0.25) is 0 Å². The molecule has 2 aromatic heterocycles. The van der Waals surface area contributed by atoms with E-state index in [0.717, 1.165) is 32.6 Å². The van der Waals surface area contributed by atoms with Crippen LogP contribution in [0.1, 0.15) is 29.4 Å². The number of fused-ring (bicyclic) bond motifs is 1. The van der Waals surface area contributed by atoms with Crippen molar-refractivity contribution in [2.45, 2.75) is 19.8 Å². The van der Waals surface area contributed by atoms with Crippen molar-refractivity contribution in [3.8, 4) is 10.4 Å². The number of ketones is 1. The van der Waals surface area contributed by atoms with Gasteiger partial charge in [-0.2, -0.15) is 0 Å². The molecule has 0 aliphatic carbocycles. The molecule has 2 heterocycles. The molecule has 20 heavy (non-hydrogen) atoms. The second-order valence-electron chi connectivity index (χ2n) is 4.72. The molecule has 0 aliphatic rings. The van der Waals surface area contributed by atoms with E-state index in [9.17, 15) is 4.79 Å². The van der Waals surface area contributed by atoms with Gasteiger partial charge in [0.25, 0.3) is 0 Å². The van der Waals surface area contributed by atoms with Crippen LogP contribution >= 0.6 is 11.3 Å². The van der Waals surface area contributed by atoms with Crippen LogP contribution in [0.5, 0.6) is 0 Å². The number of nitrogens with zero attached hydrogens (tertiary/aromatic N) is 1. The third kappa shape index (κ3) is 2.37. The minimum absolute atomic E-state index is 0.233. The van der Waals surface area contributed by atoms with Crippen molar-refractivity contribution in [1.29, 1.82) is 0 Å². The zero-order valence-corrected chi connectivity index (χ0v) is 12.1. The molecule has 3 heteroatoms. The van der Waals surface area contributed by atoms with Crippen molar-refractivity contribution in [1.82, 2.24) is 4.98 Å². The fourth-order valence-corrected chi connectivity index (χ4v) is 3.29. The van der Waals surface area contributed by atoms with Crippen LogP contribution < -0.4 is 0 Å². The minimum Gasteiger partial charge on any atom is -0.293 e. The molecule has 0 atom stereocenters. The van der Waals surface area contributed by atoms with E-state index in [1.165, 1.54) is 0 Å². The van der Waals surface area contributed by atoms with E-state index in [1.807, 2.05) is 37.4 Å². The number of Topliss-reactive ketones (excluding diaryl/α,β-unsaturated/α-hetero) is 1. The van der Waals surface area contributed by atoms with Crippen molar-refractivity contribution in [3.63, 3.8) is 0 Å². The van der Waals surface area contributed by atoms with Gasteiger partial charge in [-0.05, 0) is 24.6 Å². The lowest BCUT2D eigenvalue weighted by atomic mass is 10.1. The van der Waals surface area contributed by atoms with E-state index in [1.54, 1.807) is 11.3 Å². The maximum Gasteiger partial charge on any atom is 0.172 e. The van der Waals surface area contributed by atoms with E-state index >= 15 is 0 Å². The van der Waals surface area contributed by atoms with Gasteiger partial charge in [0.2, 0.25) is 0 Å². The zero-order chi connectivity index (χ0) is 13.9. The number of pyridine rings is 1. The van der Waals surface area contributed by atoms with Gasteiger partial charge in [0.05, 0.1) is 10.4 Å². The predicted molar refractivity (Wildman–Crippen MR) is 84.3 cm³/mol. The van der Waals surface area contributed by atoms with E-state index in [4.69, 9.17) is 0 Å². The first kappa shape index (κ1) is 13.0. The van der Waals surface area contributed by atoms with Gasteiger partial charge in [-0.1, -0.05) is 31.2 Å². The third-order valence-electron chi connectivity index (χ3n) is 3.26. The Morgan fingerprint density at radius 3 is 2.85 bits per heavy atom. The van der Waals surface area contributed by atoms with Gasteiger partial charge in [0, 0.05) is 28.4 Å². The van der Waals surface area contributed by atoms with Crippen LogP contribution in [-0.2, 0) is 0 Å². The first-order valence-corrected chi connectivity index (χ1v) is 7.58. The second kappa shape index (κ2) is 5.55. The smallest absolute Gasteiger partial charge is 0.172 e. The fourth-order valence-electron chi connectivity index (χ4n) is 2.29. The highest BCUT2D eigenvalue weighted by Gasteiger charge is 2.11. The SMILES string of the molecule is CCCC(=O)c1ccc(-c2cccc3cccnc23)s1. The quantitative estimate of drug-likeness (QED) is 0.633. The normalized spacial score (nSPS) is 10.8. The number of aromatic nitrogens is 1. The Morgan fingerprint density at radius 2 is 2.00 bits per heavy atom. The number of benzene rings is 1. The Labute approximate surface area is 122 Å². The first-order chi connectivity index (χ1) is 9.79. The second-order valence-corrected chi connectivity index (χ2v) is 5.80. The number of carbonyl (C=O) groups is 1. The number of hydrogen-bond acceptors (Lipinski definition) is 3. The molecule has 0 saturated heterocycles. The molecular weight excluding hydrogens is 266 g/mol. The maximum absolute atomic E-state index is 11.9. The van der Waals surface area contributed by atoms with E-state index < -0.39 is 0 Å². The molecule has 0 spiro atoms. The molecule has 3 rings (SSSR count). The monoisotopic (exact) mass is 281 g/mol. The Bertz CT molecular complexity index is 755. The lowest BCUT2D eigenvalue weighted by molar-refractivity contribution is 0.0985. The Morgan fingerprint density at radius 1 is 1.15 bits per heavy atom. The predicted octanol–water partition coefficient (Wildman–Crippen LogP) is 4.95. The van der Waals surface area contributed by atoms with E-state index in [2.05, 4.69) is 23.2 Å². The van der Waals surface area contributed by atoms with Gasteiger partial charge in [-0.3, -0.25) is 9.78 Å². The van der Waals surface area contributed by atoms with E-state index in [0.29, 0.717) is 6.42 Å². The summed E-state index contributed by atoms with van der Waals surface area (Å²) in [7, 11) is 0. The number of para-hydroxylation sites is 1. The highest BCUT2D eigenvalue weighted by atomic mass is 32.1. The Kier molecular flexibility index (Phi) is 3.61. The zero-order valence-electron chi connectivity index (χ0n) is 11.3. The molecule has 100 valence electrons. The van der Waals surface area contributed by atoms with Crippen LogP contribution in [-0.4, -0.2) is 10.8 Å². The molecule has 0 unspecified atom stereocenters. The summed E-state index contributed by atoms with van der Waals surface area (Å²) in [5.74, 6) is 0.233. The van der Waals surface area contributed by atoms with Crippen molar-refractivity contribution >= 4 is 28.0 Å². The van der Waals surface area contributed by atoms with Gasteiger partial charge in [-0.15, -0.1) is 11.3 Å². The summed E-state index contributed by atoms with van der Waals surface area (Å²) in [4.78, 5) is 18.4. The van der Waals surface area contributed by atoms with Crippen molar-refractivity contribution < 1.29 is 4.79 Å². The van der Waals surface area contributed by atoms with Crippen molar-refractivity contribution in [3.05, 3.63) is 53.5 Å². The van der Waals surface area contributed by atoms with Crippen molar-refractivity contribution in [2.75, 3.05) is 0 Å². The van der Waals surface area contributed by atoms with Crippen LogP contribution in [0.4, 0.5) is 0 Å². The molecule has 0 radical (unpaired) electrons. The van der Waals surface area contributed by atoms with Gasteiger partial charge in [-0.25, -0.2) is 0 Å². The number of rotatable bonds is 4. The van der Waals surface area contributed by atoms with Crippen LogP contribution in [0.3, 0.4) is 0 Å². The van der Waals surface area contributed by atoms with Gasteiger partial charge < -0.3 is 0 Å². The molecule has 0 aliphatic heterocycles. The fraction of sp³-hybridized carbons (Fsp3) is 0.176. The lowest BCUT2D eigenvalue weighted by Gasteiger charge is -2.02. The summed E-state index contributed by atoms with van der Waals surface area (Å²) < 4.78 is 0. The molecule has 0 saturated carbocycles. The minimum atomic E-state index is 0.233. The van der Waals surface area contributed by atoms with Gasteiger partial charge in [0.15, 0.2) is 5.78 Å². The summed E-state index contributed by atoms with van der Waals surface area (Å²) in [5.41, 5.74) is 2.09. The highest BCUT2D eigenvalue weighted by molar-refractivity contribution is 7.17. The summed E-state index contributed by atoms with van der Waals surface area (Å²) in [6, 6.07) is 14.1. The Balaban J connectivity index is 2.06. The highest BCUT2D eigenvalue weighted by Crippen LogP contribution is 2.33. The molecule has 3 aromatic rings. The number of carbonyl (C=O) groups excluding carboxylic acids is 1. The maximum atomic E-state index is 11.9. The van der Waals surface area contributed by atoms with Crippen LogP contribution in [0, 0.1) is 0 Å². The third-order valence-corrected chi connectivity index (χ3v) is 4.42. The summed E-state index contributed by atoms with van der Waals surface area (Å²) >= 11 is 1.56. The van der Waals surface area contributed by atoms with Crippen LogP contribution in [0.15, 0.2) is 48.7 Å². The first-order valence-electron chi connectivity index (χ1n) is 6.76. The molecule has 1 aromatic carbocycles. The standard InChI is InChI=1S/C17H15NOS/c1-2-5-14(19)16-10-9-15(20-16)13-8-3-6-12-7-4-11-18-17(12)13/h3-4,6-11H,2,5H2,1H3. The molecule has 0 N–H and O–H groups in total. The topological polar surface area (TPSA) is 30.0 Å². The Hall–Kier alpha value is -2.00. The molecule has 0 amide bonds. The largest absolute Gasteiger partial charge is 0.293 e. The van der Waals surface area contributed by atoms with Crippen molar-refractivity contribution in [2.24, 2.45) is 0 Å². The average molecular weight is 281 g/mol. The van der Waals surface area contributed by atoms with Crippen LogP contribution in [0.25, 0.3) is 21.3 Å². The number of thiophene rings is 1. The van der Waals surface area contributed by atoms with Gasteiger partial charge >= 0.3 is 0 Å². The van der Waals surface area contributed by atoms with Gasteiger partial charge in [0.1, 0.15) is 0 Å². The summed E-state index contributed by atoms with van der Waals surface area (Å²) in [6.45, 7) is 2.03. The summed E-state index contributed by atoms with van der Waals surface area (Å²) in [6.07, 6.45) is 3.32. The number of hydrogen-bond donors (Lipinski definition) is 0. The van der Waals surface area contributed by atoms with E-state index in [-0.39, 0.29) is 5.78 Å². The average Bonchev–Trinajstić information content (AvgIpc) is 2.97. The molecular formula is C17H15NOS. The molecule has 0 bridgehead atoms. The summed E-state index contributed by atoms with van der Waals surface area (Å²) in [5, 5.41) is 1.12. The molecule has 0 fully saturated rings. The molecule has 2 nitrogen and oxygen atoms in total.